The van der Waals surface area contributed by atoms with E-state index in [9.17, 15) is 39.6 Å². The Morgan fingerprint density at radius 3 is 2.25 bits per heavy atom. The van der Waals surface area contributed by atoms with Crippen LogP contribution in [0.2, 0.25) is 0 Å². The first-order valence-corrected chi connectivity index (χ1v) is 15.1. The van der Waals surface area contributed by atoms with E-state index in [1.54, 1.807) is 52.0 Å². The lowest BCUT2D eigenvalue weighted by Gasteiger charge is -2.59. The number of ketones is 4. The molecule has 4 atom stereocenters. The molecule has 0 radical (unpaired) electrons. The number of carbonyl (C=O) groups excluding carboxylic acids is 4. The Morgan fingerprint density at radius 1 is 1.00 bits per heavy atom. The fraction of sp³-hybridized carbons (Fsp3) is 0.444. The highest BCUT2D eigenvalue weighted by Gasteiger charge is 2.72. The smallest absolute Gasteiger partial charge is 0.203 e. The van der Waals surface area contributed by atoms with Gasteiger partial charge in [-0.15, -0.1) is 0 Å². The Bertz CT molecular complexity index is 1710. The number of phenols is 1. The number of aliphatic hydroxyl groups excluding tert-OH is 2. The molecule has 0 aliphatic heterocycles. The number of phenolic OH excluding ortho intramolecular Hbond substituents is 1. The number of hydrogen-bond donors (Lipinski definition) is 4. The maximum absolute atomic E-state index is 14.5. The van der Waals surface area contributed by atoms with Crippen LogP contribution in [0.4, 0.5) is 0 Å². The van der Waals surface area contributed by atoms with Gasteiger partial charge in [0.05, 0.1) is 5.56 Å². The van der Waals surface area contributed by atoms with Gasteiger partial charge in [-0.1, -0.05) is 65.8 Å². The predicted octanol–water partition coefficient (Wildman–Crippen LogP) is 6.09. The summed E-state index contributed by atoms with van der Waals surface area (Å²) in [4.78, 5) is 53.6. The summed E-state index contributed by atoms with van der Waals surface area (Å²) in [5.74, 6) is -5.41. The average molecular weight is 601 g/mol. The summed E-state index contributed by atoms with van der Waals surface area (Å²) in [7, 11) is 0. The first-order valence-electron chi connectivity index (χ1n) is 15.1. The van der Waals surface area contributed by atoms with Crippen molar-refractivity contribution in [3.05, 3.63) is 70.0 Å². The first kappa shape index (κ1) is 31.4. The van der Waals surface area contributed by atoms with Gasteiger partial charge in [-0.2, -0.15) is 0 Å². The van der Waals surface area contributed by atoms with E-state index >= 15 is 0 Å². The van der Waals surface area contributed by atoms with Crippen LogP contribution < -0.4 is 0 Å². The van der Waals surface area contributed by atoms with Crippen molar-refractivity contribution in [2.75, 3.05) is 0 Å². The standard InChI is InChI=1S/C36H40O8/c1-17(2)13-25(39)21-10-8-9-20(14-21)22-11-12-24(38)27-23(22)15-34(6)16-35(7)28(18(3)4)30(40)26(19(5)37)32(42)36(35,44)33(43)29(34)31(27)41/h8-12,14,17-18,28,38,41-42,44H,13,15-16H2,1-7H3/t28?,34-,35-,36+/m1/s1. The van der Waals surface area contributed by atoms with Crippen molar-refractivity contribution in [3.63, 3.8) is 0 Å². The Labute approximate surface area is 257 Å². The molecule has 3 aliphatic rings. The van der Waals surface area contributed by atoms with E-state index in [0.29, 0.717) is 28.7 Å². The third-order valence-electron chi connectivity index (χ3n) is 9.98. The molecule has 8 nitrogen and oxygen atoms in total. The van der Waals surface area contributed by atoms with Crippen molar-refractivity contribution in [1.82, 2.24) is 0 Å². The number of allylic oxidation sites excluding steroid dienone is 1. The van der Waals surface area contributed by atoms with Gasteiger partial charge in [0.15, 0.2) is 23.0 Å². The summed E-state index contributed by atoms with van der Waals surface area (Å²) in [6, 6.07) is 10.3. The predicted molar refractivity (Wildman–Crippen MR) is 165 cm³/mol. The zero-order valence-electron chi connectivity index (χ0n) is 26.2. The van der Waals surface area contributed by atoms with Crippen LogP contribution in [-0.4, -0.2) is 49.2 Å². The van der Waals surface area contributed by atoms with Crippen molar-refractivity contribution in [1.29, 1.82) is 0 Å². The Balaban J connectivity index is 1.76. The zero-order valence-corrected chi connectivity index (χ0v) is 26.2. The third-order valence-corrected chi connectivity index (χ3v) is 9.98. The van der Waals surface area contributed by atoms with Gasteiger partial charge in [-0.05, 0) is 60.4 Å². The second kappa shape index (κ2) is 10.3. The summed E-state index contributed by atoms with van der Waals surface area (Å²) < 4.78 is 0. The lowest BCUT2D eigenvalue weighted by Crippen LogP contribution is -2.69. The Morgan fingerprint density at radius 2 is 1.66 bits per heavy atom. The maximum atomic E-state index is 14.5. The van der Waals surface area contributed by atoms with Gasteiger partial charge < -0.3 is 20.4 Å². The molecule has 0 amide bonds. The Hall–Kier alpha value is -4.04. The van der Waals surface area contributed by atoms with E-state index in [0.717, 1.165) is 6.92 Å². The molecule has 8 heteroatoms. The fourth-order valence-corrected chi connectivity index (χ4v) is 8.34. The van der Waals surface area contributed by atoms with Gasteiger partial charge in [-0.25, -0.2) is 0 Å². The summed E-state index contributed by atoms with van der Waals surface area (Å²) in [6.07, 6.45) is 0.539. The van der Waals surface area contributed by atoms with Crippen LogP contribution in [0, 0.1) is 28.6 Å². The quantitative estimate of drug-likeness (QED) is 0.230. The summed E-state index contributed by atoms with van der Waals surface area (Å²) >= 11 is 0. The molecule has 0 saturated heterocycles. The largest absolute Gasteiger partial charge is 0.508 e. The molecule has 1 saturated carbocycles. The molecule has 2 aromatic rings. The number of benzene rings is 2. The number of rotatable bonds is 6. The Kier molecular flexibility index (Phi) is 7.32. The molecule has 3 aliphatic carbocycles. The van der Waals surface area contributed by atoms with Crippen molar-refractivity contribution in [2.45, 2.75) is 73.3 Å². The van der Waals surface area contributed by atoms with Gasteiger partial charge in [0.1, 0.15) is 22.8 Å². The highest BCUT2D eigenvalue weighted by atomic mass is 16.3. The van der Waals surface area contributed by atoms with Gasteiger partial charge in [0, 0.05) is 34.3 Å². The van der Waals surface area contributed by atoms with E-state index in [2.05, 4.69) is 0 Å². The minimum Gasteiger partial charge on any atom is -0.508 e. The van der Waals surface area contributed by atoms with Crippen molar-refractivity contribution in [3.8, 4) is 16.9 Å². The van der Waals surface area contributed by atoms with Crippen molar-refractivity contribution >= 4 is 28.9 Å². The highest BCUT2D eigenvalue weighted by molar-refractivity contribution is 6.24. The van der Waals surface area contributed by atoms with Gasteiger partial charge in [0.2, 0.25) is 5.78 Å². The summed E-state index contributed by atoms with van der Waals surface area (Å²) in [5.41, 5.74) is -3.64. The van der Waals surface area contributed by atoms with Gasteiger partial charge in [0.25, 0.3) is 0 Å². The van der Waals surface area contributed by atoms with Gasteiger partial charge >= 0.3 is 0 Å². The van der Waals surface area contributed by atoms with E-state index < -0.39 is 62.7 Å². The van der Waals surface area contributed by atoms with Crippen LogP contribution in [0.25, 0.3) is 16.9 Å². The fourth-order valence-electron chi connectivity index (χ4n) is 8.34. The molecule has 0 heterocycles. The molecule has 1 fully saturated rings. The number of carbonyl (C=O) groups is 4. The number of fused-ring (bicyclic) bond motifs is 3. The van der Waals surface area contributed by atoms with Crippen LogP contribution in [-0.2, 0) is 20.8 Å². The maximum Gasteiger partial charge on any atom is 0.203 e. The monoisotopic (exact) mass is 600 g/mol. The van der Waals surface area contributed by atoms with Crippen LogP contribution in [0.15, 0.2) is 53.3 Å². The summed E-state index contributed by atoms with van der Waals surface area (Å²) in [6.45, 7) is 11.9. The van der Waals surface area contributed by atoms with Crippen LogP contribution in [0.3, 0.4) is 0 Å². The molecule has 44 heavy (non-hydrogen) atoms. The van der Waals surface area contributed by atoms with E-state index in [1.807, 2.05) is 19.9 Å². The second-order valence-electron chi connectivity index (χ2n) is 14.0. The minimum absolute atomic E-state index is 0.00365. The number of hydrogen-bond acceptors (Lipinski definition) is 8. The molecule has 232 valence electrons. The third kappa shape index (κ3) is 4.21. The SMILES string of the molecule is CC(=O)C1=C(O)[C@]2(O)C(=O)C3=C(O)c4c(O)ccc(-c5cccc(C(=O)CC(C)C)c5)c4C[C@]3(C)C[C@]2(C)C(C(C)C)C1=O. The zero-order chi connectivity index (χ0) is 32.7. The molecule has 5 rings (SSSR count). The molecule has 0 aromatic heterocycles. The normalized spacial score (nSPS) is 28.3. The lowest BCUT2D eigenvalue weighted by molar-refractivity contribution is -0.178. The van der Waals surface area contributed by atoms with Crippen LogP contribution in [0.5, 0.6) is 5.75 Å². The van der Waals surface area contributed by atoms with Crippen LogP contribution in [0.1, 0.15) is 82.8 Å². The first-order chi connectivity index (χ1) is 20.4. The summed E-state index contributed by atoms with van der Waals surface area (Å²) in [5, 5.41) is 46.3. The van der Waals surface area contributed by atoms with Gasteiger partial charge in [-0.3, -0.25) is 19.2 Å². The second-order valence-corrected chi connectivity index (χ2v) is 14.0. The molecular formula is C36H40O8. The molecule has 0 bridgehead atoms. The number of aliphatic hydroxyl groups is 3. The molecule has 4 N–H and O–H groups in total. The van der Waals surface area contributed by atoms with Crippen molar-refractivity contribution < 1.29 is 39.6 Å². The molecule has 1 unspecified atom stereocenters. The number of Topliss-reactive ketones (excluding diaryl/α,β-unsaturated/α-hetero) is 4. The van der Waals surface area contributed by atoms with Crippen molar-refractivity contribution in [2.24, 2.45) is 28.6 Å². The topological polar surface area (TPSA) is 149 Å². The average Bonchev–Trinajstić information content (AvgIpc) is 2.90. The van der Waals surface area contributed by atoms with E-state index in [-0.39, 0.29) is 41.4 Å². The highest BCUT2D eigenvalue weighted by Crippen LogP contribution is 2.65. The minimum atomic E-state index is -2.66. The van der Waals surface area contributed by atoms with Crippen LogP contribution >= 0.6 is 0 Å². The molecule has 2 aromatic carbocycles. The number of aromatic hydroxyl groups is 1. The molecule has 0 spiro atoms. The molecular weight excluding hydrogens is 560 g/mol. The van der Waals surface area contributed by atoms with E-state index in [4.69, 9.17) is 0 Å². The van der Waals surface area contributed by atoms with E-state index in [1.165, 1.54) is 6.07 Å². The lowest BCUT2D eigenvalue weighted by atomic mass is 9.43.